The van der Waals surface area contributed by atoms with Crippen LogP contribution in [0.1, 0.15) is 37.0 Å². The smallest absolute Gasteiger partial charge is 0.316 e. The maximum atomic E-state index is 13.8. The van der Waals surface area contributed by atoms with Gasteiger partial charge in [-0.2, -0.15) is 0 Å². The lowest BCUT2D eigenvalue weighted by Gasteiger charge is -2.14. The van der Waals surface area contributed by atoms with Gasteiger partial charge in [-0.15, -0.1) is 0 Å². The van der Waals surface area contributed by atoms with Crippen LogP contribution in [0, 0.1) is 11.7 Å². The van der Waals surface area contributed by atoms with Crippen LogP contribution in [0.4, 0.5) is 4.39 Å². The maximum Gasteiger partial charge on any atom is 0.316 e. The lowest BCUT2D eigenvalue weighted by molar-refractivity contribution is -0.146. The van der Waals surface area contributed by atoms with Crippen molar-refractivity contribution in [2.24, 2.45) is 5.92 Å². The fourth-order valence-electron chi connectivity index (χ4n) is 1.77. The summed E-state index contributed by atoms with van der Waals surface area (Å²) in [5.41, 5.74) is -0.168. The second-order valence-corrected chi connectivity index (χ2v) is 4.47. The van der Waals surface area contributed by atoms with Crippen molar-refractivity contribution in [2.45, 2.75) is 26.7 Å². The van der Waals surface area contributed by atoms with E-state index in [1.165, 1.54) is 18.2 Å². The van der Waals surface area contributed by atoms with Crippen LogP contribution in [0.25, 0.3) is 0 Å². The first kappa shape index (κ1) is 15.6. The monoisotopic (exact) mass is 286 g/mol. The minimum atomic E-state index is -0.974. The minimum Gasteiger partial charge on any atom is -0.465 e. The number of Topliss-reactive ketones (excluding diaryl/α,β-unsaturated/α-hetero) is 1. The number of carbonyl (C=O) groups excluding carboxylic acids is 2. The van der Waals surface area contributed by atoms with Gasteiger partial charge >= 0.3 is 5.97 Å². The van der Waals surface area contributed by atoms with Crippen LogP contribution in [0.5, 0.6) is 0 Å². The molecule has 5 heteroatoms. The van der Waals surface area contributed by atoms with Gasteiger partial charge in [-0.25, -0.2) is 4.39 Å². The van der Waals surface area contributed by atoms with Crippen LogP contribution in [0.15, 0.2) is 18.2 Å². The molecule has 1 aromatic rings. The molecule has 0 saturated heterocycles. The van der Waals surface area contributed by atoms with E-state index in [9.17, 15) is 14.0 Å². The molecule has 0 saturated carbocycles. The van der Waals surface area contributed by atoms with Crippen LogP contribution in [0.3, 0.4) is 0 Å². The first-order valence-electron chi connectivity index (χ1n) is 6.17. The molecule has 0 aromatic heterocycles. The van der Waals surface area contributed by atoms with E-state index in [0.29, 0.717) is 12.8 Å². The highest BCUT2D eigenvalue weighted by Crippen LogP contribution is 2.23. The molecule has 0 amide bonds. The topological polar surface area (TPSA) is 43.4 Å². The van der Waals surface area contributed by atoms with Gasteiger partial charge in [0.2, 0.25) is 0 Å². The van der Waals surface area contributed by atoms with Gasteiger partial charge in [0.15, 0.2) is 11.6 Å². The van der Waals surface area contributed by atoms with Gasteiger partial charge in [0.1, 0.15) is 5.92 Å². The number of benzene rings is 1. The van der Waals surface area contributed by atoms with Gasteiger partial charge in [-0.1, -0.05) is 31.0 Å². The third-order valence-electron chi connectivity index (χ3n) is 2.68. The van der Waals surface area contributed by atoms with E-state index in [1.54, 1.807) is 6.92 Å². The molecule has 104 valence electrons. The number of halogens is 2. The van der Waals surface area contributed by atoms with Gasteiger partial charge in [0.05, 0.1) is 17.2 Å². The van der Waals surface area contributed by atoms with Crippen LogP contribution in [-0.2, 0) is 9.53 Å². The molecule has 0 radical (unpaired) electrons. The maximum absolute atomic E-state index is 13.8. The van der Waals surface area contributed by atoms with Crippen molar-refractivity contribution in [1.29, 1.82) is 0 Å². The normalized spacial score (nSPS) is 12.0. The Morgan fingerprint density at radius 3 is 2.63 bits per heavy atom. The Morgan fingerprint density at radius 1 is 1.37 bits per heavy atom. The summed E-state index contributed by atoms with van der Waals surface area (Å²) in [6, 6.07) is 4.16. The highest BCUT2D eigenvalue weighted by atomic mass is 35.5. The highest BCUT2D eigenvalue weighted by Gasteiger charge is 2.30. The van der Waals surface area contributed by atoms with E-state index in [4.69, 9.17) is 16.3 Å². The first-order valence-corrected chi connectivity index (χ1v) is 6.55. The van der Waals surface area contributed by atoms with Gasteiger partial charge in [-0.05, 0) is 25.5 Å². The Labute approximate surface area is 116 Å². The van der Waals surface area contributed by atoms with E-state index in [1.807, 2.05) is 6.92 Å². The number of esters is 1. The summed E-state index contributed by atoms with van der Waals surface area (Å²) in [5.74, 6) is -2.97. The number of rotatable bonds is 6. The molecule has 1 unspecified atom stereocenters. The van der Waals surface area contributed by atoms with Gasteiger partial charge < -0.3 is 4.74 Å². The summed E-state index contributed by atoms with van der Waals surface area (Å²) in [5, 5.41) is -0.134. The summed E-state index contributed by atoms with van der Waals surface area (Å²) in [6.07, 6.45) is 0.945. The zero-order chi connectivity index (χ0) is 14.4. The van der Waals surface area contributed by atoms with Crippen LogP contribution >= 0.6 is 11.6 Å². The molecular weight excluding hydrogens is 271 g/mol. The molecule has 0 fully saturated rings. The Morgan fingerprint density at radius 2 is 2.05 bits per heavy atom. The van der Waals surface area contributed by atoms with Crippen molar-refractivity contribution in [3.63, 3.8) is 0 Å². The van der Waals surface area contributed by atoms with Crippen molar-refractivity contribution < 1.29 is 18.7 Å². The number of ether oxygens (including phenoxy) is 1. The van der Waals surface area contributed by atoms with Crippen molar-refractivity contribution in [3.05, 3.63) is 34.6 Å². The summed E-state index contributed by atoms with van der Waals surface area (Å²) >= 11 is 5.64. The molecule has 3 nitrogen and oxygen atoms in total. The molecule has 1 atom stereocenters. The van der Waals surface area contributed by atoms with Crippen molar-refractivity contribution in [2.75, 3.05) is 6.61 Å². The number of carbonyl (C=O) groups is 2. The molecule has 0 aliphatic rings. The van der Waals surface area contributed by atoms with Crippen molar-refractivity contribution >= 4 is 23.4 Å². The summed E-state index contributed by atoms with van der Waals surface area (Å²) < 4.78 is 18.7. The number of hydrogen-bond acceptors (Lipinski definition) is 3. The number of ketones is 1. The van der Waals surface area contributed by atoms with Gasteiger partial charge in [0, 0.05) is 0 Å². The standard InChI is InChI=1S/C14H16ClFO3/c1-3-6-10(14(18)19-4-2)13(17)9-7-5-8-11(15)12(9)16/h5,7-8,10H,3-4,6H2,1-2H3. The lowest BCUT2D eigenvalue weighted by Crippen LogP contribution is -2.27. The van der Waals surface area contributed by atoms with E-state index in [2.05, 4.69) is 0 Å². The van der Waals surface area contributed by atoms with Crippen LogP contribution in [0.2, 0.25) is 5.02 Å². The molecule has 1 aromatic carbocycles. The third kappa shape index (κ3) is 3.77. The molecule has 19 heavy (non-hydrogen) atoms. The summed E-state index contributed by atoms with van der Waals surface area (Å²) in [7, 11) is 0. The molecule has 0 bridgehead atoms. The second-order valence-electron chi connectivity index (χ2n) is 4.06. The molecule has 0 N–H and O–H groups in total. The predicted octanol–water partition coefficient (Wildman–Crippen LogP) is 3.64. The fourth-order valence-corrected chi connectivity index (χ4v) is 1.94. The molecule has 1 rings (SSSR count). The van der Waals surface area contributed by atoms with Crippen LogP contribution in [-0.4, -0.2) is 18.4 Å². The first-order chi connectivity index (χ1) is 9.02. The Bertz CT molecular complexity index is 474. The zero-order valence-corrected chi connectivity index (χ0v) is 11.7. The van der Waals surface area contributed by atoms with Crippen LogP contribution < -0.4 is 0 Å². The van der Waals surface area contributed by atoms with E-state index >= 15 is 0 Å². The Hall–Kier alpha value is -1.42. The van der Waals surface area contributed by atoms with Crippen molar-refractivity contribution in [3.8, 4) is 0 Å². The Balaban J connectivity index is 3.05. The van der Waals surface area contributed by atoms with Crippen molar-refractivity contribution in [1.82, 2.24) is 0 Å². The van der Waals surface area contributed by atoms with E-state index in [0.717, 1.165) is 0 Å². The highest BCUT2D eigenvalue weighted by molar-refractivity contribution is 6.31. The van der Waals surface area contributed by atoms with E-state index < -0.39 is 23.5 Å². The Kier molecular flexibility index (Phi) is 5.96. The molecule has 0 aliphatic carbocycles. The van der Waals surface area contributed by atoms with Gasteiger partial charge in [-0.3, -0.25) is 9.59 Å². The molecule has 0 aliphatic heterocycles. The average molecular weight is 287 g/mol. The summed E-state index contributed by atoms with van der Waals surface area (Å²) in [6.45, 7) is 3.68. The largest absolute Gasteiger partial charge is 0.465 e. The van der Waals surface area contributed by atoms with Gasteiger partial charge in [0.25, 0.3) is 0 Å². The second kappa shape index (κ2) is 7.24. The average Bonchev–Trinajstić information content (AvgIpc) is 2.38. The molecule has 0 heterocycles. The quantitative estimate of drug-likeness (QED) is 0.455. The SMILES string of the molecule is CCCC(C(=O)OCC)C(=O)c1cccc(Cl)c1F. The third-order valence-corrected chi connectivity index (χ3v) is 2.97. The predicted molar refractivity (Wildman–Crippen MR) is 70.8 cm³/mol. The minimum absolute atomic E-state index is 0.134. The lowest BCUT2D eigenvalue weighted by atomic mass is 9.93. The molecule has 0 spiro atoms. The zero-order valence-electron chi connectivity index (χ0n) is 10.9. The summed E-state index contributed by atoms with van der Waals surface area (Å²) in [4.78, 5) is 24.0. The van der Waals surface area contributed by atoms with E-state index in [-0.39, 0.29) is 17.2 Å². The number of hydrogen-bond donors (Lipinski definition) is 0. The fraction of sp³-hybridized carbons (Fsp3) is 0.429. The molecular formula is C14H16ClFO3.